The molecule has 3 aromatic carbocycles. The smallest absolute Gasteiger partial charge is 0.415 e. The van der Waals surface area contributed by atoms with Crippen LogP contribution in [0.4, 0.5) is 10.6 Å². The van der Waals surface area contributed by atoms with Crippen molar-refractivity contribution in [1.29, 1.82) is 5.26 Å². The summed E-state index contributed by atoms with van der Waals surface area (Å²) in [5, 5.41) is 13.8. The summed E-state index contributed by atoms with van der Waals surface area (Å²) in [7, 11) is 1.47. The first-order valence-corrected chi connectivity index (χ1v) is 12.7. The van der Waals surface area contributed by atoms with E-state index in [9.17, 15) is 10.1 Å². The molecule has 0 bridgehead atoms. The number of hydrogen-bond donors (Lipinski definition) is 1. The number of halogens is 2. The van der Waals surface area contributed by atoms with Gasteiger partial charge in [-0.1, -0.05) is 83.9 Å². The molecule has 1 aliphatic rings. The van der Waals surface area contributed by atoms with Gasteiger partial charge in [0.15, 0.2) is 5.82 Å². The SMILES string of the molecule is COC(Cc1ccccc1)OC(=O)Nc1ncc2c(c1C#N)-c1ccccc1C(c1ccc(Cl)c(Cl)c1)C2. The normalized spacial score (nSPS) is 14.5. The molecular formula is C30H23Cl2N3O3. The van der Waals surface area contributed by atoms with E-state index in [1.54, 1.807) is 12.3 Å². The quantitative estimate of drug-likeness (QED) is 0.256. The average Bonchev–Trinajstić information content (AvgIpc) is 2.94. The van der Waals surface area contributed by atoms with Crippen molar-refractivity contribution in [2.24, 2.45) is 0 Å². The Labute approximate surface area is 230 Å². The number of carbonyl (C=O) groups is 1. The van der Waals surface area contributed by atoms with Gasteiger partial charge in [0.1, 0.15) is 11.6 Å². The van der Waals surface area contributed by atoms with Gasteiger partial charge in [0.2, 0.25) is 6.29 Å². The summed E-state index contributed by atoms with van der Waals surface area (Å²) >= 11 is 12.5. The van der Waals surface area contributed by atoms with E-state index in [2.05, 4.69) is 16.4 Å². The van der Waals surface area contributed by atoms with Crippen molar-refractivity contribution < 1.29 is 14.3 Å². The Morgan fingerprint density at radius 1 is 1.11 bits per heavy atom. The van der Waals surface area contributed by atoms with Crippen LogP contribution in [0.1, 0.15) is 33.7 Å². The Morgan fingerprint density at radius 2 is 1.87 bits per heavy atom. The fraction of sp³-hybridized carbons (Fsp3) is 0.167. The molecular weight excluding hydrogens is 521 g/mol. The largest absolute Gasteiger partial charge is 0.419 e. The fourth-order valence-corrected chi connectivity index (χ4v) is 5.13. The molecule has 0 saturated carbocycles. The first kappa shape index (κ1) is 25.7. The van der Waals surface area contributed by atoms with Gasteiger partial charge in [0, 0.05) is 31.2 Å². The van der Waals surface area contributed by atoms with Crippen LogP contribution in [-0.2, 0) is 22.3 Å². The van der Waals surface area contributed by atoms with Crippen LogP contribution in [0.2, 0.25) is 10.0 Å². The zero-order chi connectivity index (χ0) is 26.6. The molecule has 0 saturated heterocycles. The molecule has 2 unspecified atom stereocenters. The Balaban J connectivity index is 1.44. The van der Waals surface area contributed by atoms with Gasteiger partial charge in [-0.15, -0.1) is 0 Å². The second-order valence-electron chi connectivity index (χ2n) is 8.90. The summed E-state index contributed by atoms with van der Waals surface area (Å²) in [5.41, 5.74) is 5.86. The Hall–Kier alpha value is -3.89. The maximum absolute atomic E-state index is 12.8. The topological polar surface area (TPSA) is 84.2 Å². The van der Waals surface area contributed by atoms with Gasteiger partial charge in [0.25, 0.3) is 0 Å². The molecule has 190 valence electrons. The maximum atomic E-state index is 12.8. The monoisotopic (exact) mass is 543 g/mol. The third-order valence-electron chi connectivity index (χ3n) is 6.61. The zero-order valence-electron chi connectivity index (χ0n) is 20.4. The molecule has 1 aliphatic carbocycles. The van der Waals surface area contributed by atoms with Gasteiger partial charge in [-0.05, 0) is 46.4 Å². The standard InChI is InChI=1S/C30H23Cl2N3O3/c1-37-27(13-18-7-3-2-4-8-18)38-30(36)35-29-24(16-33)28-20(17-34-29)14-23(21-9-5-6-10-22(21)28)19-11-12-25(31)26(32)15-19/h2-12,15,17,23,27H,13-14H2,1H3,(H,34,35,36). The van der Waals surface area contributed by atoms with Crippen molar-refractivity contribution in [2.45, 2.75) is 25.0 Å². The Kier molecular flexibility index (Phi) is 7.62. The van der Waals surface area contributed by atoms with Gasteiger partial charge in [-0.3, -0.25) is 5.32 Å². The van der Waals surface area contributed by atoms with E-state index < -0.39 is 12.4 Å². The minimum Gasteiger partial charge on any atom is -0.419 e. The predicted molar refractivity (Wildman–Crippen MR) is 147 cm³/mol. The van der Waals surface area contributed by atoms with E-state index in [-0.39, 0.29) is 17.3 Å². The minimum absolute atomic E-state index is 0.00558. The maximum Gasteiger partial charge on any atom is 0.415 e. The molecule has 8 heteroatoms. The van der Waals surface area contributed by atoms with Crippen LogP contribution in [-0.4, -0.2) is 24.5 Å². The Bertz CT molecular complexity index is 1540. The number of methoxy groups -OCH3 is 1. The third-order valence-corrected chi connectivity index (χ3v) is 7.35. The molecule has 4 aromatic rings. The highest BCUT2D eigenvalue weighted by molar-refractivity contribution is 6.42. The molecule has 1 amide bonds. The second kappa shape index (κ2) is 11.2. The van der Waals surface area contributed by atoms with E-state index >= 15 is 0 Å². The molecule has 0 spiro atoms. The lowest BCUT2D eigenvalue weighted by Gasteiger charge is -2.29. The molecule has 5 rings (SSSR count). The number of nitriles is 1. The lowest BCUT2D eigenvalue weighted by molar-refractivity contribution is -0.0755. The van der Waals surface area contributed by atoms with E-state index in [0.29, 0.717) is 22.9 Å². The van der Waals surface area contributed by atoms with Crippen LogP contribution in [0.5, 0.6) is 0 Å². The number of nitrogens with zero attached hydrogens (tertiary/aromatic N) is 2. The molecule has 6 nitrogen and oxygen atoms in total. The number of benzene rings is 3. The molecule has 1 aromatic heterocycles. The highest BCUT2D eigenvalue weighted by atomic mass is 35.5. The summed E-state index contributed by atoms with van der Waals surface area (Å²) in [4.78, 5) is 17.2. The zero-order valence-corrected chi connectivity index (χ0v) is 22.0. The summed E-state index contributed by atoms with van der Waals surface area (Å²) in [6, 6.07) is 25.4. The van der Waals surface area contributed by atoms with Gasteiger partial charge < -0.3 is 9.47 Å². The van der Waals surface area contributed by atoms with Crippen molar-refractivity contribution in [3.63, 3.8) is 0 Å². The van der Waals surface area contributed by atoms with Crippen LogP contribution in [0, 0.1) is 11.3 Å². The number of ether oxygens (including phenoxy) is 2. The van der Waals surface area contributed by atoms with Crippen molar-refractivity contribution in [3.05, 3.63) is 117 Å². The van der Waals surface area contributed by atoms with Crippen LogP contribution in [0.15, 0.2) is 79.0 Å². The van der Waals surface area contributed by atoms with E-state index in [1.165, 1.54) is 7.11 Å². The van der Waals surface area contributed by atoms with Crippen molar-refractivity contribution in [3.8, 4) is 17.2 Å². The molecule has 0 aliphatic heterocycles. The van der Waals surface area contributed by atoms with Crippen molar-refractivity contribution in [2.75, 3.05) is 12.4 Å². The number of anilines is 1. The summed E-state index contributed by atoms with van der Waals surface area (Å²) in [5.74, 6) is 0.139. The number of nitrogens with one attached hydrogen (secondary N) is 1. The molecule has 1 heterocycles. The number of amides is 1. The molecule has 38 heavy (non-hydrogen) atoms. The predicted octanol–water partition coefficient (Wildman–Crippen LogP) is 7.38. The number of hydrogen-bond acceptors (Lipinski definition) is 5. The number of carbonyl (C=O) groups excluding carboxylic acids is 1. The van der Waals surface area contributed by atoms with Crippen LogP contribution in [0.25, 0.3) is 11.1 Å². The summed E-state index contributed by atoms with van der Waals surface area (Å²) < 4.78 is 10.8. The number of rotatable bonds is 6. The molecule has 0 radical (unpaired) electrons. The first-order chi connectivity index (χ1) is 18.5. The highest BCUT2D eigenvalue weighted by Gasteiger charge is 2.30. The van der Waals surface area contributed by atoms with Crippen LogP contribution < -0.4 is 5.32 Å². The van der Waals surface area contributed by atoms with E-state index in [0.717, 1.165) is 33.4 Å². The van der Waals surface area contributed by atoms with E-state index in [4.69, 9.17) is 32.7 Å². The van der Waals surface area contributed by atoms with Gasteiger partial charge in [0.05, 0.1) is 10.0 Å². The summed E-state index contributed by atoms with van der Waals surface area (Å²) in [6.45, 7) is 0. The second-order valence-corrected chi connectivity index (χ2v) is 9.71. The number of fused-ring (bicyclic) bond motifs is 3. The molecule has 0 fully saturated rings. The Morgan fingerprint density at radius 3 is 2.61 bits per heavy atom. The number of aromatic nitrogens is 1. The first-order valence-electron chi connectivity index (χ1n) is 12.0. The highest BCUT2D eigenvalue weighted by Crippen LogP contribution is 2.45. The van der Waals surface area contributed by atoms with Gasteiger partial charge in [-0.25, -0.2) is 9.78 Å². The van der Waals surface area contributed by atoms with Crippen LogP contribution >= 0.6 is 23.2 Å². The average molecular weight is 544 g/mol. The lowest BCUT2D eigenvalue weighted by atomic mass is 9.75. The molecule has 2 atom stereocenters. The summed E-state index contributed by atoms with van der Waals surface area (Å²) in [6.07, 6.45) is 1.14. The minimum atomic E-state index is -0.798. The van der Waals surface area contributed by atoms with Crippen molar-refractivity contribution in [1.82, 2.24) is 4.98 Å². The van der Waals surface area contributed by atoms with Gasteiger partial charge in [-0.2, -0.15) is 5.26 Å². The fourth-order valence-electron chi connectivity index (χ4n) is 4.83. The van der Waals surface area contributed by atoms with E-state index in [1.807, 2.05) is 66.7 Å². The van der Waals surface area contributed by atoms with Crippen molar-refractivity contribution >= 4 is 35.1 Å². The van der Waals surface area contributed by atoms with Gasteiger partial charge >= 0.3 is 6.09 Å². The molecule has 1 N–H and O–H groups in total. The lowest BCUT2D eigenvalue weighted by Crippen LogP contribution is -2.26. The van der Waals surface area contributed by atoms with Crippen LogP contribution in [0.3, 0.4) is 0 Å². The third kappa shape index (κ3) is 5.23. The number of pyridine rings is 1.